The molecule has 10 heteroatoms. The van der Waals surface area contributed by atoms with Crippen LogP contribution in [0.5, 0.6) is 0 Å². The van der Waals surface area contributed by atoms with E-state index in [2.05, 4.69) is 0 Å². The number of phosphoric acid groups is 1. The number of benzene rings is 1. The minimum absolute atomic E-state index is 0. The van der Waals surface area contributed by atoms with Crippen molar-refractivity contribution >= 4 is 19.8 Å². The molecule has 0 heterocycles. The molecule has 1 aromatic rings. The Kier molecular flexibility index (Phi) is 10.0. The summed E-state index contributed by atoms with van der Waals surface area (Å²) in [5, 5.41) is 17.1. The van der Waals surface area contributed by atoms with Crippen LogP contribution in [0.15, 0.2) is 24.3 Å². The van der Waals surface area contributed by atoms with Gasteiger partial charge in [0.2, 0.25) is 0 Å². The predicted molar refractivity (Wildman–Crippen MR) is 55.7 cm³/mol. The van der Waals surface area contributed by atoms with Crippen molar-refractivity contribution < 1.29 is 91.9 Å². The first-order chi connectivity index (χ1) is 7.63. The summed E-state index contributed by atoms with van der Waals surface area (Å²) >= 11 is 0. The molecule has 0 saturated heterocycles. The van der Waals surface area contributed by atoms with Crippen LogP contribution in [0, 0.1) is 0 Å². The topological polar surface area (TPSA) is 152 Å². The molecule has 5 N–H and O–H groups in total. The van der Waals surface area contributed by atoms with Gasteiger partial charge in [-0.05, 0) is 12.1 Å². The first-order valence-electron chi connectivity index (χ1n) is 3.97. The standard InChI is InChI=1S/C8H6O4.K.H3O4P.H/c9-7(10)5-3-1-2-4-6(5)8(11)12;;1-5(2,3)4;/h1-4H,(H,9,10)(H,11,12);;(H3,1,2,3,4);/q;+1;;-1. The molecule has 1 rings (SSSR count). The minimum atomic E-state index is -4.64. The van der Waals surface area contributed by atoms with Gasteiger partial charge in [-0.2, -0.15) is 0 Å². The van der Waals surface area contributed by atoms with Crippen LogP contribution in [0.3, 0.4) is 0 Å². The van der Waals surface area contributed by atoms with Crippen LogP contribution >= 0.6 is 7.82 Å². The molecule has 0 radical (unpaired) electrons. The van der Waals surface area contributed by atoms with Gasteiger partial charge in [0, 0.05) is 0 Å². The smallest absolute Gasteiger partial charge is 1.00 e. The van der Waals surface area contributed by atoms with Gasteiger partial charge in [0.15, 0.2) is 0 Å². The summed E-state index contributed by atoms with van der Waals surface area (Å²) < 4.78 is 8.88. The van der Waals surface area contributed by atoms with Gasteiger partial charge >= 0.3 is 71.1 Å². The number of rotatable bonds is 2. The summed E-state index contributed by atoms with van der Waals surface area (Å²) in [6.45, 7) is 0. The Labute approximate surface area is 145 Å². The van der Waals surface area contributed by atoms with Crippen molar-refractivity contribution in [3.8, 4) is 0 Å². The van der Waals surface area contributed by atoms with Crippen LogP contribution in [-0.4, -0.2) is 36.8 Å². The van der Waals surface area contributed by atoms with Gasteiger partial charge in [0.05, 0.1) is 11.1 Å². The third-order valence-corrected chi connectivity index (χ3v) is 1.39. The van der Waals surface area contributed by atoms with E-state index < -0.39 is 19.8 Å². The van der Waals surface area contributed by atoms with E-state index in [1.165, 1.54) is 24.3 Å². The number of carboxylic acids is 2. The van der Waals surface area contributed by atoms with Crippen LogP contribution in [0.2, 0.25) is 0 Å². The average Bonchev–Trinajstić information content (AvgIpc) is 2.15. The van der Waals surface area contributed by atoms with Crippen LogP contribution in [-0.2, 0) is 4.57 Å². The summed E-state index contributed by atoms with van der Waals surface area (Å²) in [5.41, 5.74) is -0.380. The summed E-state index contributed by atoms with van der Waals surface area (Å²) in [5.74, 6) is -2.46. The van der Waals surface area contributed by atoms with E-state index in [-0.39, 0.29) is 63.9 Å². The molecule has 18 heavy (non-hydrogen) atoms. The van der Waals surface area contributed by atoms with Crippen molar-refractivity contribution in [2.24, 2.45) is 0 Å². The van der Waals surface area contributed by atoms with Crippen molar-refractivity contribution in [2.75, 3.05) is 0 Å². The Morgan fingerprint density at radius 1 is 0.944 bits per heavy atom. The van der Waals surface area contributed by atoms with E-state index in [0.29, 0.717) is 0 Å². The quantitative estimate of drug-likeness (QED) is 0.292. The summed E-state index contributed by atoms with van der Waals surface area (Å²) in [4.78, 5) is 42.5. The van der Waals surface area contributed by atoms with E-state index in [0.717, 1.165) is 0 Å². The maximum absolute atomic E-state index is 10.5. The van der Waals surface area contributed by atoms with Crippen molar-refractivity contribution in [1.29, 1.82) is 0 Å². The van der Waals surface area contributed by atoms with Crippen LogP contribution in [0.25, 0.3) is 0 Å². The van der Waals surface area contributed by atoms with Crippen LogP contribution < -0.4 is 51.4 Å². The second-order valence-electron chi connectivity index (χ2n) is 2.67. The number of carboxylic acid groups (broad SMARTS) is 2. The molecule has 0 aliphatic rings. The van der Waals surface area contributed by atoms with Crippen molar-refractivity contribution in [3.63, 3.8) is 0 Å². The van der Waals surface area contributed by atoms with Gasteiger partial charge in [0.1, 0.15) is 0 Å². The second-order valence-corrected chi connectivity index (χ2v) is 3.70. The fraction of sp³-hybridized carbons (Fsp3) is 0. The summed E-state index contributed by atoms with van der Waals surface area (Å²) in [6, 6.07) is 5.48. The van der Waals surface area contributed by atoms with E-state index in [4.69, 9.17) is 29.5 Å². The molecular formula is C8H10KO8P. The number of carbonyl (C=O) groups is 2. The molecule has 0 unspecified atom stereocenters. The molecule has 1 aromatic carbocycles. The molecular weight excluding hydrogens is 294 g/mol. The zero-order chi connectivity index (χ0) is 13.6. The van der Waals surface area contributed by atoms with Gasteiger partial charge < -0.3 is 26.3 Å². The van der Waals surface area contributed by atoms with E-state index in [1.807, 2.05) is 0 Å². The molecule has 0 aromatic heterocycles. The first kappa shape index (κ1) is 20.2. The maximum Gasteiger partial charge on any atom is 1.00 e. The van der Waals surface area contributed by atoms with Crippen molar-refractivity contribution in [2.45, 2.75) is 0 Å². The Bertz CT molecular complexity index is 432. The van der Waals surface area contributed by atoms with Crippen molar-refractivity contribution in [3.05, 3.63) is 35.4 Å². The normalized spacial score (nSPS) is 9.50. The SMILES string of the molecule is O=C(O)c1ccccc1C(=O)O.O=P(O)(O)O.[H-].[K+]. The Hall–Kier alpha value is -0.0936. The van der Waals surface area contributed by atoms with Gasteiger partial charge in [-0.25, -0.2) is 14.2 Å². The first-order valence-corrected chi connectivity index (χ1v) is 5.53. The van der Waals surface area contributed by atoms with Gasteiger partial charge in [0.25, 0.3) is 0 Å². The molecule has 8 nitrogen and oxygen atoms in total. The summed E-state index contributed by atoms with van der Waals surface area (Å²) in [7, 11) is -4.64. The number of hydrogen-bond acceptors (Lipinski definition) is 3. The molecule has 0 amide bonds. The van der Waals surface area contributed by atoms with Gasteiger partial charge in [-0.3, -0.25) is 0 Å². The maximum atomic E-state index is 10.5. The predicted octanol–water partition coefficient (Wildman–Crippen LogP) is -2.73. The Morgan fingerprint density at radius 3 is 1.33 bits per heavy atom. The molecule has 0 saturated carbocycles. The fourth-order valence-corrected chi connectivity index (χ4v) is 0.856. The number of hydrogen-bond donors (Lipinski definition) is 5. The minimum Gasteiger partial charge on any atom is -1.00 e. The van der Waals surface area contributed by atoms with Gasteiger partial charge in [-0.15, -0.1) is 0 Å². The fourth-order valence-electron chi connectivity index (χ4n) is 0.856. The van der Waals surface area contributed by atoms with E-state index in [1.54, 1.807) is 0 Å². The molecule has 0 atom stereocenters. The monoisotopic (exact) mass is 304 g/mol. The van der Waals surface area contributed by atoms with E-state index in [9.17, 15) is 9.59 Å². The number of aromatic carboxylic acids is 2. The Balaban J connectivity index is -0.000000320. The van der Waals surface area contributed by atoms with Crippen LogP contribution in [0.4, 0.5) is 0 Å². The van der Waals surface area contributed by atoms with Crippen LogP contribution in [0.1, 0.15) is 22.1 Å². The van der Waals surface area contributed by atoms with Crippen molar-refractivity contribution in [1.82, 2.24) is 0 Å². The average molecular weight is 304 g/mol. The third kappa shape index (κ3) is 9.89. The molecule has 0 aliphatic carbocycles. The molecule has 0 fully saturated rings. The zero-order valence-corrected chi connectivity index (χ0v) is 13.2. The summed E-state index contributed by atoms with van der Waals surface area (Å²) in [6.07, 6.45) is 0. The van der Waals surface area contributed by atoms with Gasteiger partial charge in [-0.1, -0.05) is 12.1 Å². The molecule has 0 spiro atoms. The molecule has 0 aliphatic heterocycles. The molecule has 0 bridgehead atoms. The third-order valence-electron chi connectivity index (χ3n) is 1.39. The second kappa shape index (κ2) is 8.91. The Morgan fingerprint density at radius 2 is 1.17 bits per heavy atom. The van der Waals surface area contributed by atoms with E-state index >= 15 is 0 Å². The molecule has 96 valence electrons. The largest absolute Gasteiger partial charge is 1.00 e. The zero-order valence-electron chi connectivity index (χ0n) is 10.2.